The number of aromatic nitrogens is 2. The summed E-state index contributed by atoms with van der Waals surface area (Å²) in [7, 11) is 1.50. The maximum absolute atomic E-state index is 12.4. The second-order valence-electron chi connectivity index (χ2n) is 8.87. The molecule has 1 aliphatic carbocycles. The number of fused-ring (bicyclic) bond motifs is 1. The van der Waals surface area contributed by atoms with Crippen LogP contribution in [0.4, 0.5) is 13.2 Å². The lowest BCUT2D eigenvalue weighted by Gasteiger charge is -2.31. The van der Waals surface area contributed by atoms with Crippen molar-refractivity contribution >= 4 is 17.2 Å². The number of methoxy groups -OCH3 is 1. The lowest BCUT2D eigenvalue weighted by molar-refractivity contribution is -0.153. The smallest absolute Gasteiger partial charge is 0.422 e. The standard InChI is InChI=1S/C22H29F3N4O4S/c1-31-20-11-16(33-28-20)10-19(30)26-15-4-2-14(3-5-15)6-8-29-9-7-18-17(12-29)27-21(34-18)32-13-22(23,24)25/h11,14-15H,2-10,12-13H2,1H3,(H,26,30)/t14-,15-. The van der Waals surface area contributed by atoms with Gasteiger partial charge >= 0.3 is 6.18 Å². The summed E-state index contributed by atoms with van der Waals surface area (Å²) in [4.78, 5) is 19.9. The fraction of sp³-hybridized carbons (Fsp3) is 0.682. The minimum absolute atomic E-state index is 0.0757. The largest absolute Gasteiger partial charge is 0.479 e. The number of hydrogen-bond acceptors (Lipinski definition) is 8. The topological polar surface area (TPSA) is 89.7 Å². The Kier molecular flexibility index (Phi) is 7.97. The van der Waals surface area contributed by atoms with E-state index < -0.39 is 12.8 Å². The highest BCUT2D eigenvalue weighted by atomic mass is 32.1. The van der Waals surface area contributed by atoms with Gasteiger partial charge in [0.2, 0.25) is 5.91 Å². The average Bonchev–Trinajstić information content (AvgIpc) is 3.42. The number of carbonyl (C=O) groups is 1. The van der Waals surface area contributed by atoms with Gasteiger partial charge in [-0.15, -0.1) is 0 Å². The van der Waals surface area contributed by atoms with E-state index in [0.717, 1.165) is 62.2 Å². The molecule has 188 valence electrons. The minimum atomic E-state index is -4.36. The first-order valence-corrected chi connectivity index (χ1v) is 12.3. The molecule has 0 bridgehead atoms. The third-order valence-electron chi connectivity index (χ3n) is 6.29. The van der Waals surface area contributed by atoms with E-state index in [4.69, 9.17) is 14.0 Å². The van der Waals surface area contributed by atoms with Crippen molar-refractivity contribution < 1.29 is 32.0 Å². The van der Waals surface area contributed by atoms with Crippen LogP contribution in [0.5, 0.6) is 11.1 Å². The van der Waals surface area contributed by atoms with Gasteiger partial charge < -0.3 is 19.3 Å². The summed E-state index contributed by atoms with van der Waals surface area (Å²) >= 11 is 1.22. The van der Waals surface area contributed by atoms with Crippen LogP contribution >= 0.6 is 11.3 Å². The predicted octanol–water partition coefficient (Wildman–Crippen LogP) is 3.75. The second kappa shape index (κ2) is 10.9. The van der Waals surface area contributed by atoms with Crippen molar-refractivity contribution in [2.24, 2.45) is 5.92 Å². The molecular weight excluding hydrogens is 473 g/mol. The van der Waals surface area contributed by atoms with Gasteiger partial charge in [0.05, 0.1) is 19.2 Å². The van der Waals surface area contributed by atoms with Gasteiger partial charge in [0, 0.05) is 30.1 Å². The highest BCUT2D eigenvalue weighted by Crippen LogP contribution is 2.32. The Morgan fingerprint density at radius 1 is 1.32 bits per heavy atom. The Labute approximate surface area is 199 Å². The van der Waals surface area contributed by atoms with Crippen LogP contribution in [0.2, 0.25) is 0 Å². The van der Waals surface area contributed by atoms with Gasteiger partial charge in [-0.1, -0.05) is 11.3 Å². The molecule has 2 aromatic rings. The first-order valence-electron chi connectivity index (χ1n) is 11.5. The number of thiazole rings is 1. The molecule has 0 spiro atoms. The van der Waals surface area contributed by atoms with E-state index >= 15 is 0 Å². The van der Waals surface area contributed by atoms with Crippen LogP contribution in [0.25, 0.3) is 0 Å². The van der Waals surface area contributed by atoms with Gasteiger partial charge in [0.1, 0.15) is 5.76 Å². The number of amides is 1. The number of alkyl halides is 3. The zero-order valence-corrected chi connectivity index (χ0v) is 19.8. The maximum Gasteiger partial charge on any atom is 0.422 e. The highest BCUT2D eigenvalue weighted by Gasteiger charge is 2.30. The zero-order valence-electron chi connectivity index (χ0n) is 19.0. The molecule has 4 rings (SSSR count). The fourth-order valence-electron chi connectivity index (χ4n) is 4.50. The lowest BCUT2D eigenvalue weighted by atomic mass is 9.84. The summed E-state index contributed by atoms with van der Waals surface area (Å²) in [6.45, 7) is 1.16. The molecule has 2 aliphatic rings. The van der Waals surface area contributed by atoms with Crippen LogP contribution in [-0.4, -0.2) is 60.0 Å². The Bertz CT molecular complexity index is 956. The number of hydrogen-bond donors (Lipinski definition) is 1. The average molecular weight is 503 g/mol. The van der Waals surface area contributed by atoms with Gasteiger partial charge in [-0.3, -0.25) is 9.69 Å². The van der Waals surface area contributed by atoms with Crippen molar-refractivity contribution in [2.75, 3.05) is 26.8 Å². The normalized spacial score (nSPS) is 21.2. The molecule has 1 N–H and O–H groups in total. The quantitative estimate of drug-likeness (QED) is 0.559. The van der Waals surface area contributed by atoms with Crippen LogP contribution in [0.1, 0.15) is 48.4 Å². The van der Waals surface area contributed by atoms with E-state index in [1.54, 1.807) is 6.07 Å². The summed E-state index contributed by atoms with van der Waals surface area (Å²) < 4.78 is 51.9. The summed E-state index contributed by atoms with van der Waals surface area (Å²) in [5.74, 6) is 1.37. The zero-order chi connectivity index (χ0) is 24.1. The predicted molar refractivity (Wildman–Crippen MR) is 118 cm³/mol. The molecule has 0 aromatic carbocycles. The molecule has 3 heterocycles. The lowest BCUT2D eigenvalue weighted by Crippen LogP contribution is -2.39. The maximum atomic E-state index is 12.4. The van der Waals surface area contributed by atoms with Crippen LogP contribution < -0.4 is 14.8 Å². The first kappa shape index (κ1) is 24.8. The van der Waals surface area contributed by atoms with E-state index in [0.29, 0.717) is 24.1 Å². The third-order valence-corrected chi connectivity index (χ3v) is 7.36. The number of rotatable bonds is 9. The molecular formula is C22H29F3N4O4S. The molecule has 0 unspecified atom stereocenters. The Morgan fingerprint density at radius 3 is 2.82 bits per heavy atom. The molecule has 34 heavy (non-hydrogen) atoms. The van der Waals surface area contributed by atoms with Crippen LogP contribution in [-0.2, 0) is 24.2 Å². The van der Waals surface area contributed by atoms with Gasteiger partial charge in [-0.05, 0) is 56.1 Å². The SMILES string of the molecule is COc1cc(CC(=O)N[C@H]2CC[C@H](CCN3CCc4sc(OCC(F)(F)F)nc4C3)CC2)on1. The van der Waals surface area contributed by atoms with E-state index in [1.165, 1.54) is 18.4 Å². The first-order chi connectivity index (χ1) is 16.3. The molecule has 0 saturated heterocycles. The minimum Gasteiger partial charge on any atom is -0.479 e. The Hall–Kier alpha value is -2.34. The molecule has 1 saturated carbocycles. The number of nitrogens with zero attached hydrogens (tertiary/aromatic N) is 3. The number of halogens is 3. The van der Waals surface area contributed by atoms with E-state index in [-0.39, 0.29) is 23.6 Å². The third kappa shape index (κ3) is 7.08. The second-order valence-corrected chi connectivity index (χ2v) is 9.91. The monoisotopic (exact) mass is 502 g/mol. The van der Waals surface area contributed by atoms with E-state index in [9.17, 15) is 18.0 Å². The van der Waals surface area contributed by atoms with E-state index in [1.807, 2.05) is 0 Å². The molecule has 12 heteroatoms. The van der Waals surface area contributed by atoms with E-state index in [2.05, 4.69) is 20.4 Å². The number of carbonyl (C=O) groups excluding carboxylic acids is 1. The van der Waals surface area contributed by atoms with Crippen molar-refractivity contribution in [3.05, 3.63) is 22.4 Å². The van der Waals surface area contributed by atoms with Gasteiger partial charge in [-0.2, -0.15) is 13.2 Å². The molecule has 1 fully saturated rings. The fourth-order valence-corrected chi connectivity index (χ4v) is 5.40. The summed E-state index contributed by atoms with van der Waals surface area (Å²) in [5.41, 5.74) is 0.837. The van der Waals surface area contributed by atoms with Crippen molar-refractivity contribution in [2.45, 2.75) is 63.7 Å². The molecule has 1 amide bonds. The number of nitrogens with one attached hydrogen (secondary N) is 1. The Balaban J connectivity index is 1.14. The van der Waals surface area contributed by atoms with Gasteiger partial charge in [0.15, 0.2) is 6.61 Å². The molecule has 1 aliphatic heterocycles. The summed E-state index contributed by atoms with van der Waals surface area (Å²) in [5, 5.41) is 6.89. The van der Waals surface area contributed by atoms with Crippen LogP contribution in [0.3, 0.4) is 0 Å². The molecule has 0 radical (unpaired) electrons. The van der Waals surface area contributed by atoms with Crippen molar-refractivity contribution in [1.82, 2.24) is 20.4 Å². The number of ether oxygens (including phenoxy) is 2. The summed E-state index contributed by atoms with van der Waals surface area (Å²) in [6.07, 6.45) is 1.67. The molecule has 2 aromatic heterocycles. The summed E-state index contributed by atoms with van der Waals surface area (Å²) in [6, 6.07) is 1.79. The van der Waals surface area contributed by atoms with Crippen LogP contribution in [0, 0.1) is 5.92 Å². The molecule has 0 atom stereocenters. The molecule has 8 nitrogen and oxygen atoms in total. The highest BCUT2D eigenvalue weighted by molar-refractivity contribution is 7.13. The van der Waals surface area contributed by atoms with Gasteiger partial charge in [-0.25, -0.2) is 4.98 Å². The van der Waals surface area contributed by atoms with Gasteiger partial charge in [0.25, 0.3) is 11.1 Å². The van der Waals surface area contributed by atoms with Crippen molar-refractivity contribution in [3.8, 4) is 11.1 Å². The van der Waals surface area contributed by atoms with Crippen molar-refractivity contribution in [3.63, 3.8) is 0 Å². The Morgan fingerprint density at radius 2 is 2.12 bits per heavy atom. The van der Waals surface area contributed by atoms with Crippen LogP contribution in [0.15, 0.2) is 10.6 Å². The van der Waals surface area contributed by atoms with Crippen molar-refractivity contribution in [1.29, 1.82) is 0 Å².